The van der Waals surface area contributed by atoms with Crippen LogP contribution in [0.4, 0.5) is 11.4 Å². The van der Waals surface area contributed by atoms with Crippen molar-refractivity contribution in [3.05, 3.63) is 60.8 Å². The van der Waals surface area contributed by atoms with Gasteiger partial charge in [0.1, 0.15) is 30.4 Å². The number of carbonyl (C=O) groups excluding carboxylic acids is 2. The lowest BCUT2D eigenvalue weighted by Crippen LogP contribution is -2.28. The van der Waals surface area contributed by atoms with Crippen LogP contribution in [0.3, 0.4) is 0 Å². The van der Waals surface area contributed by atoms with Gasteiger partial charge < -0.3 is 29.2 Å². The normalized spacial score (nSPS) is 16.8. The number of fused-ring (bicyclic) bond motifs is 1. The first-order valence-corrected chi connectivity index (χ1v) is 10.9. The molecule has 34 heavy (non-hydrogen) atoms. The van der Waals surface area contributed by atoms with E-state index in [4.69, 9.17) is 18.9 Å². The van der Waals surface area contributed by atoms with Crippen molar-refractivity contribution in [2.45, 2.75) is 6.42 Å². The number of hydrogen-bond donors (Lipinski definition) is 1. The summed E-state index contributed by atoms with van der Waals surface area (Å²) >= 11 is 0. The molecule has 5 rings (SSSR count). The largest absolute Gasteiger partial charge is 0.497 e. The summed E-state index contributed by atoms with van der Waals surface area (Å²) in [5.41, 5.74) is 1.10. The van der Waals surface area contributed by atoms with E-state index in [-0.39, 0.29) is 30.7 Å². The molecule has 2 aliphatic heterocycles. The number of aromatic nitrogens is 1. The molecule has 1 N–H and O–H groups in total. The minimum Gasteiger partial charge on any atom is -0.497 e. The van der Waals surface area contributed by atoms with Crippen LogP contribution < -0.4 is 29.2 Å². The summed E-state index contributed by atoms with van der Waals surface area (Å²) in [4.78, 5) is 31.6. The van der Waals surface area contributed by atoms with Crippen LogP contribution in [0.1, 0.15) is 6.42 Å². The maximum Gasteiger partial charge on any atom is 0.243 e. The second-order valence-electron chi connectivity index (χ2n) is 7.86. The Bertz CT molecular complexity index is 1210. The van der Waals surface area contributed by atoms with Gasteiger partial charge >= 0.3 is 0 Å². The Labute approximate surface area is 196 Å². The number of ether oxygens (including phenoxy) is 4. The number of hydrogen-bond acceptors (Lipinski definition) is 7. The number of rotatable bonds is 6. The first-order chi connectivity index (χ1) is 16.6. The van der Waals surface area contributed by atoms with Crippen LogP contribution in [-0.4, -0.2) is 43.7 Å². The molecule has 2 aromatic carbocycles. The molecular weight excluding hydrogens is 438 g/mol. The summed E-state index contributed by atoms with van der Waals surface area (Å²) in [7, 11) is 1.59. The molecule has 174 valence electrons. The molecule has 1 aromatic heterocycles. The van der Waals surface area contributed by atoms with E-state index in [2.05, 4.69) is 10.3 Å². The molecule has 2 amide bonds. The zero-order valence-corrected chi connectivity index (χ0v) is 18.5. The van der Waals surface area contributed by atoms with E-state index in [9.17, 15) is 9.59 Å². The fourth-order valence-electron chi connectivity index (χ4n) is 3.89. The van der Waals surface area contributed by atoms with Gasteiger partial charge in [-0.3, -0.25) is 9.59 Å². The van der Waals surface area contributed by atoms with Crippen LogP contribution >= 0.6 is 0 Å². The Hall–Kier alpha value is -4.27. The molecule has 1 unspecified atom stereocenters. The monoisotopic (exact) mass is 461 g/mol. The Morgan fingerprint density at radius 1 is 1.06 bits per heavy atom. The Balaban J connectivity index is 1.27. The Kier molecular flexibility index (Phi) is 5.90. The van der Waals surface area contributed by atoms with Crippen molar-refractivity contribution < 1.29 is 28.5 Å². The average Bonchev–Trinajstić information content (AvgIpc) is 3.27. The van der Waals surface area contributed by atoms with Gasteiger partial charge in [0, 0.05) is 30.9 Å². The van der Waals surface area contributed by atoms with Gasteiger partial charge in [-0.1, -0.05) is 0 Å². The molecule has 9 heteroatoms. The molecule has 0 aliphatic carbocycles. The van der Waals surface area contributed by atoms with Gasteiger partial charge in [-0.25, -0.2) is 4.98 Å². The van der Waals surface area contributed by atoms with Crippen molar-refractivity contribution in [1.29, 1.82) is 0 Å². The second-order valence-corrected chi connectivity index (χ2v) is 7.86. The van der Waals surface area contributed by atoms with Crippen molar-refractivity contribution in [2.24, 2.45) is 5.92 Å². The maximum atomic E-state index is 13.0. The highest BCUT2D eigenvalue weighted by molar-refractivity contribution is 6.04. The van der Waals surface area contributed by atoms with Gasteiger partial charge in [0.05, 0.1) is 13.0 Å². The fourth-order valence-corrected chi connectivity index (χ4v) is 3.89. The van der Waals surface area contributed by atoms with Gasteiger partial charge in [-0.2, -0.15) is 0 Å². The topological polar surface area (TPSA) is 99.2 Å². The lowest BCUT2D eigenvalue weighted by Gasteiger charge is -2.22. The molecule has 0 saturated carbocycles. The van der Waals surface area contributed by atoms with E-state index < -0.39 is 5.92 Å². The minimum atomic E-state index is -0.519. The van der Waals surface area contributed by atoms with E-state index in [1.807, 2.05) is 0 Å². The maximum absolute atomic E-state index is 13.0. The van der Waals surface area contributed by atoms with Crippen molar-refractivity contribution in [3.8, 4) is 28.9 Å². The molecule has 0 spiro atoms. The first-order valence-electron chi connectivity index (χ1n) is 10.9. The lowest BCUT2D eigenvalue weighted by atomic mass is 10.1. The highest BCUT2D eigenvalue weighted by atomic mass is 16.6. The third-order valence-corrected chi connectivity index (χ3v) is 5.64. The van der Waals surface area contributed by atoms with E-state index in [0.717, 1.165) is 0 Å². The molecule has 1 saturated heterocycles. The average molecular weight is 461 g/mol. The molecule has 1 atom stereocenters. The van der Waals surface area contributed by atoms with Crippen LogP contribution in [0.5, 0.6) is 28.9 Å². The Morgan fingerprint density at radius 2 is 1.82 bits per heavy atom. The summed E-state index contributed by atoms with van der Waals surface area (Å²) in [6, 6.07) is 15.8. The molecule has 3 heterocycles. The number of nitrogens with zero attached hydrogens (tertiary/aromatic N) is 2. The fraction of sp³-hybridized carbons (Fsp3) is 0.240. The van der Waals surface area contributed by atoms with Crippen molar-refractivity contribution in [2.75, 3.05) is 37.1 Å². The van der Waals surface area contributed by atoms with Crippen LogP contribution in [-0.2, 0) is 9.59 Å². The second kappa shape index (κ2) is 9.30. The zero-order chi connectivity index (χ0) is 23.5. The summed E-state index contributed by atoms with van der Waals surface area (Å²) in [6.45, 7) is 1.22. The van der Waals surface area contributed by atoms with Crippen LogP contribution in [0.2, 0.25) is 0 Å². The highest BCUT2D eigenvalue weighted by Gasteiger charge is 2.36. The molecule has 9 nitrogen and oxygen atoms in total. The Morgan fingerprint density at radius 3 is 2.62 bits per heavy atom. The van der Waals surface area contributed by atoms with Crippen molar-refractivity contribution in [1.82, 2.24) is 4.98 Å². The van der Waals surface area contributed by atoms with Crippen molar-refractivity contribution in [3.63, 3.8) is 0 Å². The predicted molar refractivity (Wildman–Crippen MR) is 124 cm³/mol. The standard InChI is InChI=1S/C25H23N3O6/c1-31-18-5-7-19(8-6-18)34-25-20(3-2-10-26-25)27-24(30)16-13-23(29)28(15-16)17-4-9-21-22(14-17)33-12-11-32-21/h2-10,14,16H,11-13,15H2,1H3,(H,27,30). The number of benzene rings is 2. The first kappa shape index (κ1) is 21.6. The number of carbonyl (C=O) groups is 2. The molecule has 0 bridgehead atoms. The van der Waals surface area contributed by atoms with Crippen LogP contribution in [0.15, 0.2) is 60.8 Å². The molecule has 2 aliphatic rings. The molecule has 1 fully saturated rings. The van der Waals surface area contributed by atoms with E-state index in [0.29, 0.717) is 47.6 Å². The number of methoxy groups -OCH3 is 1. The minimum absolute atomic E-state index is 0.106. The van der Waals surface area contributed by atoms with Gasteiger partial charge in [-0.15, -0.1) is 0 Å². The summed E-state index contributed by atoms with van der Waals surface area (Å²) < 4.78 is 22.2. The van der Waals surface area contributed by atoms with Crippen LogP contribution in [0.25, 0.3) is 0 Å². The number of anilines is 2. The van der Waals surface area contributed by atoms with Gasteiger partial charge in [0.15, 0.2) is 11.5 Å². The SMILES string of the molecule is COc1ccc(Oc2ncccc2NC(=O)C2CC(=O)N(c3ccc4c(c3)OCCO4)C2)cc1. The van der Waals surface area contributed by atoms with Gasteiger partial charge in [0.2, 0.25) is 17.7 Å². The van der Waals surface area contributed by atoms with E-state index >= 15 is 0 Å². The third-order valence-electron chi connectivity index (χ3n) is 5.64. The molecular formula is C25H23N3O6. The smallest absolute Gasteiger partial charge is 0.243 e. The summed E-state index contributed by atoms with van der Waals surface area (Å²) in [5.74, 6) is 1.84. The van der Waals surface area contributed by atoms with Gasteiger partial charge in [0.25, 0.3) is 0 Å². The molecule has 0 radical (unpaired) electrons. The van der Waals surface area contributed by atoms with Crippen LogP contribution in [0, 0.1) is 5.92 Å². The number of amides is 2. The van der Waals surface area contributed by atoms with Gasteiger partial charge in [-0.05, 0) is 48.5 Å². The van der Waals surface area contributed by atoms with E-state index in [1.54, 1.807) is 72.8 Å². The zero-order valence-electron chi connectivity index (χ0n) is 18.5. The lowest BCUT2D eigenvalue weighted by molar-refractivity contribution is -0.122. The summed E-state index contributed by atoms with van der Waals surface area (Å²) in [6.07, 6.45) is 1.69. The number of nitrogens with one attached hydrogen (secondary N) is 1. The number of pyridine rings is 1. The van der Waals surface area contributed by atoms with E-state index in [1.165, 1.54) is 0 Å². The predicted octanol–water partition coefficient (Wildman–Crippen LogP) is 3.65. The van der Waals surface area contributed by atoms with Crippen molar-refractivity contribution >= 4 is 23.2 Å². The quantitative estimate of drug-likeness (QED) is 0.598. The summed E-state index contributed by atoms with van der Waals surface area (Å²) in [5, 5.41) is 2.86. The highest BCUT2D eigenvalue weighted by Crippen LogP contribution is 2.36. The third kappa shape index (κ3) is 4.45. The molecule has 3 aromatic rings.